The molecule has 4 rings (SSSR count). The molecule has 29 heavy (non-hydrogen) atoms. The van der Waals surface area contributed by atoms with Crippen molar-refractivity contribution in [2.24, 2.45) is 5.92 Å². The largest absolute Gasteiger partial charge is 0.426 e. The number of esters is 1. The molecule has 0 radical (unpaired) electrons. The Hall–Kier alpha value is -2.73. The van der Waals surface area contributed by atoms with Gasteiger partial charge in [0.1, 0.15) is 11.4 Å². The Morgan fingerprint density at radius 1 is 1.10 bits per heavy atom. The molecular formula is C23H25N3O2S. The van der Waals surface area contributed by atoms with Crippen molar-refractivity contribution >= 4 is 28.1 Å². The van der Waals surface area contributed by atoms with Crippen LogP contribution < -0.4 is 10.1 Å². The summed E-state index contributed by atoms with van der Waals surface area (Å²) in [5, 5.41) is 6.02. The van der Waals surface area contributed by atoms with E-state index in [4.69, 9.17) is 4.74 Å². The predicted molar refractivity (Wildman–Crippen MR) is 117 cm³/mol. The van der Waals surface area contributed by atoms with Gasteiger partial charge in [0.15, 0.2) is 5.13 Å². The molecule has 0 atom stereocenters. The minimum Gasteiger partial charge on any atom is -0.426 e. The first kappa shape index (κ1) is 19.6. The number of thiazole rings is 1. The minimum absolute atomic E-state index is 0.153. The van der Waals surface area contributed by atoms with Gasteiger partial charge in [-0.25, -0.2) is 4.98 Å². The third-order valence-electron chi connectivity index (χ3n) is 5.23. The number of hydrogen-bond acceptors (Lipinski definition) is 6. The van der Waals surface area contributed by atoms with Gasteiger partial charge in [0.2, 0.25) is 0 Å². The molecule has 5 nitrogen and oxygen atoms in total. The maximum atomic E-state index is 12.2. The van der Waals surface area contributed by atoms with Crippen molar-refractivity contribution < 1.29 is 9.53 Å². The summed E-state index contributed by atoms with van der Waals surface area (Å²) >= 11 is 1.51. The Morgan fingerprint density at radius 2 is 2.00 bits per heavy atom. The summed E-state index contributed by atoms with van der Waals surface area (Å²) in [5.41, 5.74) is 2.52. The van der Waals surface area contributed by atoms with E-state index in [0.29, 0.717) is 18.1 Å². The highest BCUT2D eigenvalue weighted by atomic mass is 32.1. The number of rotatable bonds is 7. The zero-order chi connectivity index (χ0) is 19.9. The van der Waals surface area contributed by atoms with Gasteiger partial charge >= 0.3 is 5.97 Å². The van der Waals surface area contributed by atoms with Crippen LogP contribution in [0, 0.1) is 5.92 Å². The van der Waals surface area contributed by atoms with Gasteiger partial charge in [-0.2, -0.15) is 0 Å². The standard InChI is InChI=1S/C23H25N3O2S/c27-22(13-12-17-7-2-1-3-8-17)28-19-10-6-9-18(15-19)25-23-26-21(16-29-23)20-11-4-5-14-24-20/h4-6,9-11,14-17H,1-3,7-8,12-13H2,(H,25,26). The SMILES string of the molecule is O=C(CCC1CCCCC1)Oc1cccc(Nc2nc(-c3ccccn3)cs2)c1. The second-order valence-electron chi connectivity index (χ2n) is 7.42. The highest BCUT2D eigenvalue weighted by Crippen LogP contribution is 2.29. The van der Waals surface area contributed by atoms with Crippen molar-refractivity contribution in [3.05, 3.63) is 54.0 Å². The van der Waals surface area contributed by atoms with Crippen LogP contribution in [0.4, 0.5) is 10.8 Å². The lowest BCUT2D eigenvalue weighted by molar-refractivity contribution is -0.134. The van der Waals surface area contributed by atoms with Crippen molar-refractivity contribution in [2.45, 2.75) is 44.9 Å². The van der Waals surface area contributed by atoms with E-state index in [1.165, 1.54) is 43.4 Å². The molecule has 0 unspecified atom stereocenters. The lowest BCUT2D eigenvalue weighted by Crippen LogP contribution is -2.12. The maximum absolute atomic E-state index is 12.2. The summed E-state index contributed by atoms with van der Waals surface area (Å²) in [4.78, 5) is 21.1. The van der Waals surface area contributed by atoms with Gasteiger partial charge < -0.3 is 10.1 Å². The number of carbonyl (C=O) groups is 1. The fourth-order valence-corrected chi connectivity index (χ4v) is 4.43. The van der Waals surface area contributed by atoms with E-state index in [1.807, 2.05) is 47.8 Å². The molecule has 0 bridgehead atoms. The summed E-state index contributed by atoms with van der Waals surface area (Å²) in [6.45, 7) is 0. The van der Waals surface area contributed by atoms with E-state index < -0.39 is 0 Å². The fraction of sp³-hybridized carbons (Fsp3) is 0.348. The molecule has 0 aliphatic heterocycles. The van der Waals surface area contributed by atoms with E-state index in [0.717, 1.165) is 28.6 Å². The van der Waals surface area contributed by atoms with E-state index in [2.05, 4.69) is 15.3 Å². The Morgan fingerprint density at radius 3 is 2.83 bits per heavy atom. The second kappa shape index (κ2) is 9.65. The number of nitrogens with one attached hydrogen (secondary N) is 1. The van der Waals surface area contributed by atoms with E-state index in [9.17, 15) is 4.79 Å². The van der Waals surface area contributed by atoms with E-state index >= 15 is 0 Å². The number of nitrogens with zero attached hydrogens (tertiary/aromatic N) is 2. The van der Waals surface area contributed by atoms with Crippen LogP contribution >= 0.6 is 11.3 Å². The van der Waals surface area contributed by atoms with Crippen LogP contribution in [0.2, 0.25) is 0 Å². The lowest BCUT2D eigenvalue weighted by Gasteiger charge is -2.20. The highest BCUT2D eigenvalue weighted by Gasteiger charge is 2.16. The summed E-state index contributed by atoms with van der Waals surface area (Å²) in [6, 6.07) is 13.2. The summed E-state index contributed by atoms with van der Waals surface area (Å²) in [7, 11) is 0. The van der Waals surface area contributed by atoms with Gasteiger partial charge in [0.05, 0.1) is 5.69 Å². The first-order chi connectivity index (χ1) is 14.3. The van der Waals surface area contributed by atoms with Crippen molar-refractivity contribution in [3.63, 3.8) is 0 Å². The molecule has 3 aromatic rings. The quantitative estimate of drug-likeness (QED) is 0.372. The number of ether oxygens (including phenoxy) is 1. The number of carbonyl (C=O) groups excluding carboxylic acids is 1. The molecule has 1 saturated carbocycles. The van der Waals surface area contributed by atoms with Crippen LogP contribution in [0.25, 0.3) is 11.4 Å². The highest BCUT2D eigenvalue weighted by molar-refractivity contribution is 7.14. The van der Waals surface area contributed by atoms with E-state index in [-0.39, 0.29) is 5.97 Å². The zero-order valence-corrected chi connectivity index (χ0v) is 17.2. The van der Waals surface area contributed by atoms with Gasteiger partial charge in [-0.15, -0.1) is 11.3 Å². The molecule has 0 saturated heterocycles. The fourth-order valence-electron chi connectivity index (χ4n) is 3.70. The summed E-state index contributed by atoms with van der Waals surface area (Å²) in [6.07, 6.45) is 9.62. The number of anilines is 2. The molecule has 0 spiro atoms. The van der Waals surface area contributed by atoms with Gasteiger partial charge in [0.25, 0.3) is 0 Å². The van der Waals surface area contributed by atoms with E-state index in [1.54, 1.807) is 6.20 Å². The molecule has 6 heteroatoms. The van der Waals surface area contributed by atoms with Gasteiger partial charge in [-0.3, -0.25) is 9.78 Å². The average molecular weight is 408 g/mol. The molecule has 1 aliphatic rings. The van der Waals surface area contributed by atoms with Crippen LogP contribution in [0.1, 0.15) is 44.9 Å². The normalized spacial score (nSPS) is 14.5. The minimum atomic E-state index is -0.153. The first-order valence-electron chi connectivity index (χ1n) is 10.2. The van der Waals surface area contributed by atoms with Gasteiger partial charge in [-0.05, 0) is 36.6 Å². The number of pyridine rings is 1. The smallest absolute Gasteiger partial charge is 0.311 e. The first-order valence-corrected chi connectivity index (χ1v) is 11.1. The zero-order valence-electron chi connectivity index (χ0n) is 16.3. The molecule has 1 fully saturated rings. The molecular weight excluding hydrogens is 382 g/mol. The molecule has 150 valence electrons. The van der Waals surface area contributed by atoms with Crippen LogP contribution in [0.3, 0.4) is 0 Å². The monoisotopic (exact) mass is 407 g/mol. The van der Waals surface area contributed by atoms with Crippen LogP contribution in [0.5, 0.6) is 5.75 Å². The molecule has 0 amide bonds. The topological polar surface area (TPSA) is 64.1 Å². The number of aromatic nitrogens is 2. The predicted octanol–water partition coefficient (Wildman–Crippen LogP) is 6.21. The molecule has 2 aromatic heterocycles. The Bertz CT molecular complexity index is 936. The van der Waals surface area contributed by atoms with Crippen LogP contribution in [0.15, 0.2) is 54.0 Å². The Balaban J connectivity index is 1.32. The molecule has 1 N–H and O–H groups in total. The maximum Gasteiger partial charge on any atom is 0.311 e. The van der Waals surface area contributed by atoms with Crippen molar-refractivity contribution in [1.29, 1.82) is 0 Å². The van der Waals surface area contributed by atoms with Gasteiger partial charge in [-0.1, -0.05) is 44.2 Å². The molecule has 1 aromatic carbocycles. The average Bonchev–Trinajstić information content (AvgIpc) is 3.22. The number of hydrogen-bond donors (Lipinski definition) is 1. The van der Waals surface area contributed by atoms with Crippen LogP contribution in [-0.4, -0.2) is 15.9 Å². The third-order valence-corrected chi connectivity index (χ3v) is 5.99. The Kier molecular flexibility index (Phi) is 6.52. The second-order valence-corrected chi connectivity index (χ2v) is 8.28. The van der Waals surface area contributed by atoms with Crippen molar-refractivity contribution in [2.75, 3.05) is 5.32 Å². The van der Waals surface area contributed by atoms with Crippen molar-refractivity contribution in [3.8, 4) is 17.1 Å². The molecule has 1 aliphatic carbocycles. The lowest BCUT2D eigenvalue weighted by atomic mass is 9.86. The summed E-state index contributed by atoms with van der Waals surface area (Å²) < 4.78 is 5.55. The third kappa shape index (κ3) is 5.64. The molecule has 2 heterocycles. The number of benzene rings is 1. The Labute approximate surface area is 175 Å². The van der Waals surface area contributed by atoms with Gasteiger partial charge in [0, 0.05) is 29.8 Å². The summed E-state index contributed by atoms with van der Waals surface area (Å²) in [5.74, 6) is 1.09. The van der Waals surface area contributed by atoms with Crippen LogP contribution in [-0.2, 0) is 4.79 Å². The van der Waals surface area contributed by atoms with Crippen molar-refractivity contribution in [1.82, 2.24) is 9.97 Å².